The van der Waals surface area contributed by atoms with E-state index in [1.165, 1.54) is 0 Å². The van der Waals surface area contributed by atoms with Crippen molar-refractivity contribution in [3.05, 3.63) is 28.8 Å². The summed E-state index contributed by atoms with van der Waals surface area (Å²) in [4.78, 5) is 14.2. The van der Waals surface area contributed by atoms with Gasteiger partial charge in [-0.15, -0.1) is 0 Å². The number of rotatable bonds is 5. The number of amides is 1. The van der Waals surface area contributed by atoms with Crippen LogP contribution in [0.5, 0.6) is 5.75 Å². The van der Waals surface area contributed by atoms with Gasteiger partial charge in [0.05, 0.1) is 18.6 Å². The van der Waals surface area contributed by atoms with Crippen LogP contribution in [0.25, 0.3) is 0 Å². The van der Waals surface area contributed by atoms with Gasteiger partial charge in [-0.05, 0) is 36.0 Å². The predicted molar refractivity (Wildman–Crippen MR) is 87.5 cm³/mol. The number of carbonyl (C=O) groups is 1. The minimum absolute atomic E-state index is 0.106. The maximum Gasteiger partial charge on any atom is 0.226 e. The molecule has 4 nitrogen and oxygen atoms in total. The van der Waals surface area contributed by atoms with Gasteiger partial charge in [0.1, 0.15) is 5.75 Å². The maximum absolute atomic E-state index is 12.4. The highest BCUT2D eigenvalue weighted by Gasteiger charge is 2.30. The largest absolute Gasteiger partial charge is 0.495 e. The Balaban J connectivity index is 1.94. The molecule has 1 fully saturated rings. The number of hydrogen-bond acceptors (Lipinski definition) is 3. The molecule has 5 heteroatoms. The number of methoxy groups -OCH3 is 1. The molecule has 22 heavy (non-hydrogen) atoms. The van der Waals surface area contributed by atoms with Crippen molar-refractivity contribution in [2.45, 2.75) is 26.2 Å². The first-order chi connectivity index (χ1) is 10.4. The first-order valence-corrected chi connectivity index (χ1v) is 7.95. The minimum Gasteiger partial charge on any atom is -0.495 e. The highest BCUT2D eigenvalue weighted by atomic mass is 35.5. The van der Waals surface area contributed by atoms with Crippen LogP contribution in [0.2, 0.25) is 5.02 Å². The minimum atomic E-state index is 0.106. The summed E-state index contributed by atoms with van der Waals surface area (Å²) in [6.07, 6.45) is 2.35. The second-order valence-electron chi connectivity index (χ2n) is 6.32. The molecule has 1 heterocycles. The molecular formula is C17H24ClNO3. The second kappa shape index (κ2) is 7.34. The summed E-state index contributed by atoms with van der Waals surface area (Å²) in [6.45, 7) is 4.56. The lowest BCUT2D eigenvalue weighted by Gasteiger charge is -2.36. The maximum atomic E-state index is 12.4. The van der Waals surface area contributed by atoms with Crippen LogP contribution in [-0.4, -0.2) is 44.7 Å². The normalized spacial score (nSPS) is 17.1. The van der Waals surface area contributed by atoms with Gasteiger partial charge in [0.2, 0.25) is 5.91 Å². The summed E-state index contributed by atoms with van der Waals surface area (Å²) in [7, 11) is 3.45. The molecule has 1 amide bonds. The zero-order valence-corrected chi connectivity index (χ0v) is 14.3. The average molecular weight is 326 g/mol. The van der Waals surface area contributed by atoms with Crippen LogP contribution in [0.1, 0.15) is 25.3 Å². The summed E-state index contributed by atoms with van der Waals surface area (Å²) in [6, 6.07) is 5.47. The van der Waals surface area contributed by atoms with E-state index in [0.717, 1.165) is 38.2 Å². The van der Waals surface area contributed by atoms with Crippen LogP contribution in [0.3, 0.4) is 0 Å². The lowest BCUT2D eigenvalue weighted by molar-refractivity contribution is -0.131. The average Bonchev–Trinajstić information content (AvgIpc) is 2.47. The van der Waals surface area contributed by atoms with Gasteiger partial charge in [-0.1, -0.05) is 24.6 Å². The van der Waals surface area contributed by atoms with E-state index in [0.29, 0.717) is 17.2 Å². The van der Waals surface area contributed by atoms with Crippen LogP contribution < -0.4 is 4.74 Å². The van der Waals surface area contributed by atoms with E-state index >= 15 is 0 Å². The number of likely N-dealkylation sites (N-methyl/N-ethyl adjacent to an activating group) is 1. The number of carbonyl (C=O) groups excluding carboxylic acids is 1. The lowest BCUT2D eigenvalue weighted by atomic mass is 9.82. The van der Waals surface area contributed by atoms with Crippen LogP contribution >= 0.6 is 11.6 Å². The Morgan fingerprint density at radius 3 is 2.68 bits per heavy atom. The molecule has 1 aromatic carbocycles. The zero-order chi connectivity index (χ0) is 16.2. The van der Waals surface area contributed by atoms with Crippen LogP contribution in [0, 0.1) is 5.41 Å². The van der Waals surface area contributed by atoms with Gasteiger partial charge in [0.25, 0.3) is 0 Å². The fourth-order valence-corrected chi connectivity index (χ4v) is 3.09. The van der Waals surface area contributed by atoms with E-state index in [1.54, 1.807) is 19.2 Å². The van der Waals surface area contributed by atoms with Crippen molar-refractivity contribution in [3.63, 3.8) is 0 Å². The Morgan fingerprint density at radius 1 is 1.41 bits per heavy atom. The van der Waals surface area contributed by atoms with Gasteiger partial charge in [-0.2, -0.15) is 0 Å². The van der Waals surface area contributed by atoms with E-state index < -0.39 is 0 Å². The standard InChI is InChI=1S/C17H24ClNO3/c1-17(6-8-22-9-7-17)12-19(2)16(20)11-13-4-5-15(21-3)14(18)10-13/h4-5,10H,6-9,11-12H2,1-3H3. The zero-order valence-electron chi connectivity index (χ0n) is 13.5. The molecule has 0 atom stereocenters. The van der Waals surface area contributed by atoms with Crippen LogP contribution in [-0.2, 0) is 16.0 Å². The molecule has 0 radical (unpaired) electrons. The molecule has 0 aliphatic carbocycles. The van der Waals surface area contributed by atoms with Gasteiger partial charge in [0, 0.05) is 26.8 Å². The Kier molecular flexibility index (Phi) is 5.70. The third kappa shape index (κ3) is 4.37. The first-order valence-electron chi connectivity index (χ1n) is 7.58. The van der Waals surface area contributed by atoms with Crippen LogP contribution in [0.15, 0.2) is 18.2 Å². The predicted octanol–water partition coefficient (Wildman–Crippen LogP) is 3.17. The summed E-state index contributed by atoms with van der Waals surface area (Å²) < 4.78 is 10.5. The number of hydrogen-bond donors (Lipinski definition) is 0. The second-order valence-corrected chi connectivity index (χ2v) is 6.73. The highest BCUT2D eigenvalue weighted by molar-refractivity contribution is 6.32. The first kappa shape index (κ1) is 17.1. The van der Waals surface area contributed by atoms with Crippen molar-refractivity contribution in [1.82, 2.24) is 4.90 Å². The van der Waals surface area contributed by atoms with E-state index in [1.807, 2.05) is 18.0 Å². The molecule has 0 saturated carbocycles. The fraction of sp³-hybridized carbons (Fsp3) is 0.588. The molecule has 0 bridgehead atoms. The third-order valence-corrected chi connectivity index (χ3v) is 4.61. The van der Waals surface area contributed by atoms with Crippen molar-refractivity contribution in [2.24, 2.45) is 5.41 Å². The van der Waals surface area contributed by atoms with E-state index in [2.05, 4.69) is 6.92 Å². The molecule has 0 unspecified atom stereocenters. The summed E-state index contributed by atoms with van der Waals surface area (Å²) in [5.41, 5.74) is 1.06. The SMILES string of the molecule is COc1ccc(CC(=O)N(C)CC2(C)CCOCC2)cc1Cl. The molecule has 1 aliphatic heterocycles. The quantitative estimate of drug-likeness (QED) is 0.834. The van der Waals surface area contributed by atoms with Gasteiger partial charge < -0.3 is 14.4 Å². The van der Waals surface area contributed by atoms with Crippen LogP contribution in [0.4, 0.5) is 0 Å². The molecule has 0 spiro atoms. The Hall–Kier alpha value is -1.26. The van der Waals surface area contributed by atoms with E-state index in [4.69, 9.17) is 21.1 Å². The van der Waals surface area contributed by atoms with Crippen molar-refractivity contribution < 1.29 is 14.3 Å². The molecule has 1 aliphatic rings. The monoisotopic (exact) mass is 325 g/mol. The fourth-order valence-electron chi connectivity index (χ4n) is 2.81. The Morgan fingerprint density at radius 2 is 2.09 bits per heavy atom. The number of nitrogens with zero attached hydrogens (tertiary/aromatic N) is 1. The van der Waals surface area contributed by atoms with E-state index in [-0.39, 0.29) is 11.3 Å². The molecular weight excluding hydrogens is 302 g/mol. The molecule has 122 valence electrons. The van der Waals surface area contributed by atoms with Crippen molar-refractivity contribution >= 4 is 17.5 Å². The molecule has 0 aromatic heterocycles. The Bertz CT molecular complexity index is 527. The van der Waals surface area contributed by atoms with Gasteiger partial charge >= 0.3 is 0 Å². The summed E-state index contributed by atoms with van der Waals surface area (Å²) >= 11 is 6.11. The summed E-state index contributed by atoms with van der Waals surface area (Å²) in [5.74, 6) is 0.731. The molecule has 0 N–H and O–H groups in total. The third-order valence-electron chi connectivity index (χ3n) is 4.32. The van der Waals surface area contributed by atoms with E-state index in [9.17, 15) is 4.79 Å². The smallest absolute Gasteiger partial charge is 0.226 e. The lowest BCUT2D eigenvalue weighted by Crippen LogP contribution is -2.41. The molecule has 1 aromatic rings. The van der Waals surface area contributed by atoms with Crippen molar-refractivity contribution in [3.8, 4) is 5.75 Å². The van der Waals surface area contributed by atoms with Gasteiger partial charge in [0.15, 0.2) is 0 Å². The Labute approximate surface area is 137 Å². The number of ether oxygens (including phenoxy) is 2. The molecule has 2 rings (SSSR count). The van der Waals surface area contributed by atoms with Gasteiger partial charge in [-0.3, -0.25) is 4.79 Å². The summed E-state index contributed by atoms with van der Waals surface area (Å²) in [5, 5.41) is 0.534. The number of halogens is 1. The molecule has 1 saturated heterocycles. The van der Waals surface area contributed by atoms with Gasteiger partial charge in [-0.25, -0.2) is 0 Å². The van der Waals surface area contributed by atoms with Crippen molar-refractivity contribution in [1.29, 1.82) is 0 Å². The highest BCUT2D eigenvalue weighted by Crippen LogP contribution is 2.30. The van der Waals surface area contributed by atoms with Crippen molar-refractivity contribution in [2.75, 3.05) is 33.9 Å². The number of benzene rings is 1. The topological polar surface area (TPSA) is 38.8 Å².